The molecule has 19 heteroatoms. The number of aromatic nitrogens is 3. The number of benzene rings is 1. The van der Waals surface area contributed by atoms with E-state index in [1.54, 1.807) is 31.3 Å². The zero-order valence-electron chi connectivity index (χ0n) is 44.2. The van der Waals surface area contributed by atoms with E-state index in [-0.39, 0.29) is 61.8 Å². The number of likely N-dealkylation sites (tertiary alicyclic amines) is 2. The highest BCUT2D eigenvalue weighted by molar-refractivity contribution is 7.10. The summed E-state index contributed by atoms with van der Waals surface area (Å²) in [6, 6.07) is 7.85. The summed E-state index contributed by atoms with van der Waals surface area (Å²) < 4.78 is 14.1. The molecule has 0 unspecified atom stereocenters. The number of ether oxygens (including phenoxy) is 2. The van der Waals surface area contributed by atoms with E-state index in [1.165, 1.54) is 21.2 Å². The minimum atomic E-state index is -2.23. The number of hydrazine groups is 1. The Morgan fingerprint density at radius 3 is 2.48 bits per heavy atom. The van der Waals surface area contributed by atoms with Gasteiger partial charge in [-0.05, 0) is 89.4 Å². The molecular formula is C54H74N10O8S. The summed E-state index contributed by atoms with van der Waals surface area (Å²) in [5.74, 6) is -2.35. The molecule has 6 bridgehead atoms. The maximum atomic E-state index is 14.8. The van der Waals surface area contributed by atoms with Crippen molar-refractivity contribution in [3.8, 4) is 22.5 Å². The minimum Gasteiger partial charge on any atom is -0.462 e. The van der Waals surface area contributed by atoms with Gasteiger partial charge in [-0.1, -0.05) is 39.8 Å². The molecule has 4 aromatic rings. The van der Waals surface area contributed by atoms with Crippen molar-refractivity contribution in [3.63, 3.8) is 0 Å². The van der Waals surface area contributed by atoms with Crippen LogP contribution in [-0.4, -0.2) is 166 Å². The Hall–Kier alpha value is -5.73. The number of cyclic esters (lactones) is 1. The first-order valence-electron chi connectivity index (χ1n) is 25.7. The molecule has 4 aliphatic rings. The first kappa shape index (κ1) is 53.6. The van der Waals surface area contributed by atoms with Gasteiger partial charge in [0, 0.05) is 123 Å². The van der Waals surface area contributed by atoms with Crippen LogP contribution in [0, 0.1) is 16.7 Å². The van der Waals surface area contributed by atoms with E-state index in [1.807, 2.05) is 82.1 Å². The molecule has 0 saturated carbocycles. The Bertz CT molecular complexity index is 2730. The Balaban J connectivity index is 1.08. The molecule has 0 radical (unpaired) electrons. The number of piperidine rings is 1. The Labute approximate surface area is 433 Å². The second kappa shape index (κ2) is 21.6. The Morgan fingerprint density at radius 1 is 1.05 bits per heavy atom. The third-order valence-corrected chi connectivity index (χ3v) is 15.9. The first-order chi connectivity index (χ1) is 34.7. The van der Waals surface area contributed by atoms with Gasteiger partial charge in [-0.2, -0.15) is 5.43 Å². The summed E-state index contributed by atoms with van der Waals surface area (Å²) in [5.41, 5.74) is 6.24. The Kier molecular flexibility index (Phi) is 15.9. The molecule has 394 valence electrons. The normalized spacial score (nSPS) is 22.1. The quantitative estimate of drug-likeness (QED) is 0.124. The fourth-order valence-electron chi connectivity index (χ4n) is 11.0. The van der Waals surface area contributed by atoms with Crippen molar-refractivity contribution in [3.05, 3.63) is 70.3 Å². The van der Waals surface area contributed by atoms with Crippen molar-refractivity contribution >= 4 is 52.0 Å². The molecule has 73 heavy (non-hydrogen) atoms. The van der Waals surface area contributed by atoms with Gasteiger partial charge in [-0.15, -0.1) is 11.3 Å². The van der Waals surface area contributed by atoms with Crippen LogP contribution in [0.1, 0.15) is 89.6 Å². The van der Waals surface area contributed by atoms with Gasteiger partial charge in [0.05, 0.1) is 34.8 Å². The number of carbonyl (C=O) groups excluding carboxylic acids is 5. The van der Waals surface area contributed by atoms with E-state index in [0.29, 0.717) is 56.4 Å². The zero-order valence-corrected chi connectivity index (χ0v) is 45.0. The number of methoxy groups -OCH3 is 1. The number of nitrogens with zero attached hydrogens (tertiary/aromatic N) is 8. The molecule has 3 fully saturated rings. The lowest BCUT2D eigenvalue weighted by Crippen LogP contribution is -2.67. The van der Waals surface area contributed by atoms with Gasteiger partial charge in [0.15, 0.2) is 0 Å². The van der Waals surface area contributed by atoms with E-state index in [2.05, 4.69) is 40.4 Å². The lowest BCUT2D eigenvalue weighted by atomic mass is 9.72. The van der Waals surface area contributed by atoms with Crippen LogP contribution < -0.4 is 10.7 Å². The predicted octanol–water partition coefficient (Wildman–Crippen LogP) is 5.64. The van der Waals surface area contributed by atoms with Gasteiger partial charge in [0.25, 0.3) is 5.91 Å². The molecule has 0 aliphatic carbocycles. The van der Waals surface area contributed by atoms with Crippen LogP contribution >= 0.6 is 11.3 Å². The maximum absolute atomic E-state index is 14.8. The van der Waals surface area contributed by atoms with Gasteiger partial charge in [0.2, 0.25) is 17.5 Å². The van der Waals surface area contributed by atoms with Crippen LogP contribution in [0.2, 0.25) is 0 Å². The van der Waals surface area contributed by atoms with Gasteiger partial charge < -0.3 is 44.1 Å². The number of hydrogen-bond acceptors (Lipinski definition) is 13. The van der Waals surface area contributed by atoms with E-state index >= 15 is 0 Å². The predicted molar refractivity (Wildman–Crippen MR) is 280 cm³/mol. The van der Waals surface area contributed by atoms with E-state index < -0.39 is 41.0 Å². The fourth-order valence-corrected chi connectivity index (χ4v) is 11.9. The number of aryl methyl sites for hydroxylation is 1. The van der Waals surface area contributed by atoms with Crippen molar-refractivity contribution < 1.29 is 38.6 Å². The fraction of sp³-hybridized carbons (Fsp3) is 0.574. The standard InChI is InChI=1S/C54H74N10O8S/c1-11-63-42-18-17-36-27-38(42)39(47(63)37-15-12-22-55-45(37)35(4)71-10)29-52(5,6)33-72-50(68)54(70)19-14-24-64(58-54)49(67)40(28-43-56-41(36)30-73-43)57-48(66)46(34(2)3)60(9)51(69)61-25-20-53(21-26-61)31-62(32-53)44(65)16-13-23-59(7)8/h12-13,15-18,22,27,30,34-35,40,46,58,70H,11,14,19-21,23-26,28-29,31-33H2,1-10H3,(H,57,66)/b16-13+/t35-,40-,46-,54-/m0/s1. The molecule has 8 rings (SSSR count). The van der Waals surface area contributed by atoms with Crippen molar-refractivity contribution in [2.75, 3.05) is 74.1 Å². The highest BCUT2D eigenvalue weighted by Crippen LogP contribution is 2.43. The van der Waals surface area contributed by atoms with Crippen LogP contribution in [0.5, 0.6) is 0 Å². The van der Waals surface area contributed by atoms with Crippen molar-refractivity contribution in [2.45, 2.75) is 111 Å². The smallest absolute Gasteiger partial charge is 0.355 e. The van der Waals surface area contributed by atoms with E-state index in [0.717, 1.165) is 51.8 Å². The number of rotatable bonds is 11. The molecule has 18 nitrogen and oxygen atoms in total. The molecule has 4 atom stereocenters. The zero-order chi connectivity index (χ0) is 52.6. The number of likely N-dealkylation sites (N-methyl/N-ethyl adjacent to an activating group) is 2. The summed E-state index contributed by atoms with van der Waals surface area (Å²) in [4.78, 5) is 87.4. The summed E-state index contributed by atoms with van der Waals surface area (Å²) in [5, 5.41) is 19.7. The van der Waals surface area contributed by atoms with Crippen molar-refractivity contribution in [2.24, 2.45) is 16.7 Å². The molecule has 3 saturated heterocycles. The SMILES string of the molecule is CCn1c(-c2cccnc2[C@H](C)OC)c2c3cc(ccc31)-c1csc(n1)C[C@H](NC(=O)[C@H](C(C)C)N(C)C(=O)N1CCC3(CC1)CN(C(=O)/C=C/CN(C)C)C3)C(=O)N1CCC[C@@](O)(N1)C(=O)OCC(C)(C)C2. The molecule has 5 amide bonds. The monoisotopic (exact) mass is 1020 g/mol. The van der Waals surface area contributed by atoms with Crippen molar-refractivity contribution in [1.82, 2.24) is 49.9 Å². The number of nitrogens with one attached hydrogen (secondary N) is 2. The van der Waals surface area contributed by atoms with Gasteiger partial charge in [-0.3, -0.25) is 24.4 Å². The molecule has 4 aliphatic heterocycles. The number of aliphatic hydroxyl groups is 1. The third kappa shape index (κ3) is 11.2. The van der Waals surface area contributed by atoms with Crippen molar-refractivity contribution in [1.29, 1.82) is 0 Å². The molecule has 7 heterocycles. The second-order valence-corrected chi connectivity index (χ2v) is 22.9. The van der Waals surface area contributed by atoms with Gasteiger partial charge in [-0.25, -0.2) is 14.6 Å². The summed E-state index contributed by atoms with van der Waals surface area (Å²) >= 11 is 1.37. The van der Waals surface area contributed by atoms with Gasteiger partial charge >= 0.3 is 12.0 Å². The number of amides is 5. The largest absolute Gasteiger partial charge is 0.462 e. The van der Waals surface area contributed by atoms with E-state index in [4.69, 9.17) is 19.4 Å². The van der Waals surface area contributed by atoms with Crippen LogP contribution in [0.3, 0.4) is 0 Å². The topological polar surface area (TPSA) is 195 Å². The maximum Gasteiger partial charge on any atom is 0.355 e. The number of thiazole rings is 1. The Morgan fingerprint density at radius 2 is 1.79 bits per heavy atom. The summed E-state index contributed by atoms with van der Waals surface area (Å²) in [7, 11) is 7.19. The molecule has 1 spiro atoms. The van der Waals surface area contributed by atoms with E-state index in [9.17, 15) is 29.1 Å². The highest BCUT2D eigenvalue weighted by atomic mass is 32.1. The van der Waals surface area contributed by atoms with Crippen LogP contribution in [0.25, 0.3) is 33.4 Å². The molecule has 1 aromatic carbocycles. The van der Waals surface area contributed by atoms with Crippen LogP contribution in [-0.2, 0) is 48.0 Å². The minimum absolute atomic E-state index is 0.000439. The van der Waals surface area contributed by atoms with Gasteiger partial charge in [0.1, 0.15) is 12.1 Å². The molecular weight excluding hydrogens is 949 g/mol. The highest BCUT2D eigenvalue weighted by Gasteiger charge is 2.48. The molecule has 3 aromatic heterocycles. The number of carbonyl (C=O) groups is 5. The number of urea groups is 1. The average molecular weight is 1020 g/mol. The number of esters is 1. The summed E-state index contributed by atoms with van der Waals surface area (Å²) in [6.45, 7) is 15.6. The summed E-state index contributed by atoms with van der Waals surface area (Å²) in [6.07, 6.45) is 7.22. The first-order valence-corrected chi connectivity index (χ1v) is 26.5. The van der Waals surface area contributed by atoms with Crippen LogP contribution in [0.4, 0.5) is 4.79 Å². The average Bonchev–Trinajstić information content (AvgIpc) is 3.94. The number of fused-ring (bicyclic) bond motifs is 6. The number of hydrogen-bond donors (Lipinski definition) is 3. The molecule has 3 N–H and O–H groups in total. The number of pyridine rings is 1. The second-order valence-electron chi connectivity index (χ2n) is 21.9. The lowest BCUT2D eigenvalue weighted by molar-refractivity contribution is -0.189. The third-order valence-electron chi connectivity index (χ3n) is 15.1. The lowest BCUT2D eigenvalue weighted by Gasteiger charge is -2.54. The van der Waals surface area contributed by atoms with Crippen LogP contribution in [0.15, 0.2) is 54.1 Å².